The smallest absolute Gasteiger partial charge is 0.289 e. The zero-order valence-electron chi connectivity index (χ0n) is 16.1. The molecule has 0 saturated carbocycles. The summed E-state index contributed by atoms with van der Waals surface area (Å²) in [6.45, 7) is 10.8. The Morgan fingerprint density at radius 2 is 2.19 bits per heavy atom. The second-order valence-corrected chi connectivity index (χ2v) is 7.48. The molecule has 7 nitrogen and oxygen atoms in total. The van der Waals surface area contributed by atoms with Crippen molar-refractivity contribution >= 4 is 0 Å². The first kappa shape index (κ1) is 18.6. The predicted octanol–water partition coefficient (Wildman–Crippen LogP) is 3.14. The number of hydrogen-bond acceptors (Lipinski definition) is 6. The highest BCUT2D eigenvalue weighted by Gasteiger charge is 2.51. The van der Waals surface area contributed by atoms with Crippen molar-refractivity contribution in [2.24, 2.45) is 5.92 Å². The van der Waals surface area contributed by atoms with Gasteiger partial charge in [-0.25, -0.2) is 0 Å². The maximum atomic E-state index is 11.8. The van der Waals surface area contributed by atoms with Crippen molar-refractivity contribution in [2.75, 3.05) is 19.7 Å². The van der Waals surface area contributed by atoms with Gasteiger partial charge in [0.15, 0.2) is 5.82 Å². The lowest BCUT2D eigenvalue weighted by atomic mass is 9.91. The van der Waals surface area contributed by atoms with Gasteiger partial charge in [-0.1, -0.05) is 19.9 Å². The van der Waals surface area contributed by atoms with Crippen LogP contribution < -0.4 is 0 Å². The number of ether oxygens (including phenoxy) is 1. The third kappa shape index (κ3) is 3.40. The molecular formula is C19H28N4O3. The molecule has 3 rings (SSSR count). The summed E-state index contributed by atoms with van der Waals surface area (Å²) in [5.74, 6) is 0.558. The second-order valence-electron chi connectivity index (χ2n) is 7.48. The van der Waals surface area contributed by atoms with E-state index in [9.17, 15) is 10.1 Å². The Labute approximate surface area is 154 Å². The van der Waals surface area contributed by atoms with E-state index in [1.807, 2.05) is 32.2 Å². The number of allylic oxidation sites excluding steroid dienone is 1. The minimum Gasteiger partial charge on any atom is -0.356 e. The Hall–Kier alpha value is -2.15. The summed E-state index contributed by atoms with van der Waals surface area (Å²) < 4.78 is 6.18. The molecule has 0 amide bonds. The molecule has 0 radical (unpaired) electrons. The SMILES string of the molecule is CCCO[C@@]1(C)C[C@H](C)C([N+](=O)[O-])=C2N(Cc3ccc(C)nc3)CCN21. The number of nitrogens with zero attached hydrogens (tertiary/aromatic N) is 4. The third-order valence-corrected chi connectivity index (χ3v) is 5.26. The molecule has 1 fully saturated rings. The minimum atomic E-state index is -0.495. The zero-order valence-corrected chi connectivity index (χ0v) is 16.1. The van der Waals surface area contributed by atoms with Crippen molar-refractivity contribution in [3.8, 4) is 0 Å². The van der Waals surface area contributed by atoms with Crippen molar-refractivity contribution < 1.29 is 9.66 Å². The third-order valence-electron chi connectivity index (χ3n) is 5.26. The number of hydrogen-bond donors (Lipinski definition) is 0. The fourth-order valence-corrected chi connectivity index (χ4v) is 4.05. The lowest BCUT2D eigenvalue weighted by molar-refractivity contribution is -0.441. The zero-order chi connectivity index (χ0) is 18.9. The Morgan fingerprint density at radius 1 is 1.42 bits per heavy atom. The Kier molecular flexibility index (Phi) is 5.18. The average Bonchev–Trinajstić information content (AvgIpc) is 2.99. The quantitative estimate of drug-likeness (QED) is 0.573. The number of pyridine rings is 1. The molecule has 26 heavy (non-hydrogen) atoms. The van der Waals surface area contributed by atoms with Gasteiger partial charge in [0.2, 0.25) is 0 Å². The van der Waals surface area contributed by atoms with E-state index in [2.05, 4.69) is 28.6 Å². The van der Waals surface area contributed by atoms with Gasteiger partial charge in [-0.05, 0) is 31.9 Å². The first-order chi connectivity index (χ1) is 12.4. The number of nitro groups is 1. The van der Waals surface area contributed by atoms with Crippen LogP contribution in [0.25, 0.3) is 0 Å². The summed E-state index contributed by atoms with van der Waals surface area (Å²) in [4.78, 5) is 20.2. The van der Waals surface area contributed by atoms with Crippen molar-refractivity contribution in [1.29, 1.82) is 0 Å². The Bertz CT molecular complexity index is 703. The number of aryl methyl sites for hydroxylation is 1. The normalized spacial score (nSPS) is 25.6. The van der Waals surface area contributed by atoms with Gasteiger partial charge in [0, 0.05) is 44.6 Å². The van der Waals surface area contributed by atoms with E-state index in [4.69, 9.17) is 4.74 Å². The molecule has 1 saturated heterocycles. The molecule has 2 aliphatic rings. The summed E-state index contributed by atoms with van der Waals surface area (Å²) in [6, 6.07) is 4.01. The summed E-state index contributed by atoms with van der Waals surface area (Å²) in [5, 5.41) is 11.8. The van der Waals surface area contributed by atoms with E-state index < -0.39 is 5.72 Å². The molecule has 3 heterocycles. The molecule has 1 aromatic rings. The Morgan fingerprint density at radius 3 is 2.81 bits per heavy atom. The van der Waals surface area contributed by atoms with Gasteiger partial charge in [-0.2, -0.15) is 0 Å². The molecule has 0 spiro atoms. The standard InChI is InChI=1S/C19H28N4O3/c1-5-10-26-19(4)11-14(2)17(23(24)25)18-21(8-9-22(18)19)13-16-7-6-15(3)20-12-16/h6-7,12,14H,5,8-11,13H2,1-4H3/t14-,19-/m0/s1. The number of aromatic nitrogens is 1. The van der Waals surface area contributed by atoms with E-state index in [0.717, 1.165) is 30.8 Å². The fraction of sp³-hybridized carbons (Fsp3) is 0.632. The van der Waals surface area contributed by atoms with Crippen LogP contribution in [0.1, 0.15) is 44.9 Å². The highest BCUT2D eigenvalue weighted by Crippen LogP contribution is 2.43. The van der Waals surface area contributed by atoms with Crippen LogP contribution in [0.3, 0.4) is 0 Å². The van der Waals surface area contributed by atoms with Crippen molar-refractivity contribution in [1.82, 2.24) is 14.8 Å². The molecule has 0 unspecified atom stereocenters. The molecule has 0 aliphatic carbocycles. The first-order valence-corrected chi connectivity index (χ1v) is 9.32. The molecule has 2 atom stereocenters. The largest absolute Gasteiger partial charge is 0.356 e. The number of fused-ring (bicyclic) bond motifs is 1. The Balaban J connectivity index is 1.95. The van der Waals surface area contributed by atoms with Crippen LogP contribution in [-0.4, -0.2) is 45.1 Å². The summed E-state index contributed by atoms with van der Waals surface area (Å²) in [7, 11) is 0. The molecule has 7 heteroatoms. The highest BCUT2D eigenvalue weighted by atomic mass is 16.6. The molecule has 0 N–H and O–H groups in total. The topological polar surface area (TPSA) is 71.7 Å². The van der Waals surface area contributed by atoms with Crippen LogP contribution in [0.4, 0.5) is 0 Å². The maximum absolute atomic E-state index is 11.8. The second kappa shape index (κ2) is 7.23. The van der Waals surface area contributed by atoms with E-state index >= 15 is 0 Å². The van der Waals surface area contributed by atoms with Crippen molar-refractivity contribution in [2.45, 2.75) is 52.8 Å². The van der Waals surface area contributed by atoms with Crippen LogP contribution in [0.15, 0.2) is 29.8 Å². The van der Waals surface area contributed by atoms with E-state index in [-0.39, 0.29) is 10.8 Å². The molecular weight excluding hydrogens is 332 g/mol. The van der Waals surface area contributed by atoms with E-state index in [1.54, 1.807) is 0 Å². The highest BCUT2D eigenvalue weighted by molar-refractivity contribution is 5.22. The average molecular weight is 360 g/mol. The monoisotopic (exact) mass is 360 g/mol. The number of rotatable bonds is 6. The molecule has 1 aromatic heterocycles. The van der Waals surface area contributed by atoms with Gasteiger partial charge in [0.05, 0.1) is 10.8 Å². The van der Waals surface area contributed by atoms with Crippen LogP contribution in [0.2, 0.25) is 0 Å². The van der Waals surface area contributed by atoms with Gasteiger partial charge in [-0.3, -0.25) is 15.1 Å². The summed E-state index contributed by atoms with van der Waals surface area (Å²) >= 11 is 0. The molecule has 142 valence electrons. The first-order valence-electron chi connectivity index (χ1n) is 9.32. The van der Waals surface area contributed by atoms with Crippen LogP contribution in [0.5, 0.6) is 0 Å². The van der Waals surface area contributed by atoms with Crippen LogP contribution in [0, 0.1) is 23.0 Å². The van der Waals surface area contributed by atoms with Gasteiger partial charge < -0.3 is 14.5 Å². The van der Waals surface area contributed by atoms with E-state index in [1.165, 1.54) is 0 Å². The van der Waals surface area contributed by atoms with Gasteiger partial charge in [0.25, 0.3) is 5.70 Å². The molecule has 2 aliphatic heterocycles. The van der Waals surface area contributed by atoms with Crippen LogP contribution in [-0.2, 0) is 11.3 Å². The minimum absolute atomic E-state index is 0.158. The maximum Gasteiger partial charge on any atom is 0.289 e. The van der Waals surface area contributed by atoms with E-state index in [0.29, 0.717) is 31.1 Å². The van der Waals surface area contributed by atoms with Crippen molar-refractivity contribution in [3.63, 3.8) is 0 Å². The van der Waals surface area contributed by atoms with Crippen molar-refractivity contribution in [3.05, 3.63) is 51.2 Å². The van der Waals surface area contributed by atoms with Crippen LogP contribution >= 0.6 is 0 Å². The summed E-state index contributed by atoms with van der Waals surface area (Å²) in [5.41, 5.74) is 1.83. The lowest BCUT2D eigenvalue weighted by Gasteiger charge is -2.45. The fourth-order valence-electron chi connectivity index (χ4n) is 4.05. The summed E-state index contributed by atoms with van der Waals surface area (Å²) in [6.07, 6.45) is 3.41. The van der Waals surface area contributed by atoms with Gasteiger partial charge >= 0.3 is 0 Å². The van der Waals surface area contributed by atoms with Gasteiger partial charge in [0.1, 0.15) is 5.72 Å². The van der Waals surface area contributed by atoms with Gasteiger partial charge in [-0.15, -0.1) is 0 Å². The molecule has 0 aromatic carbocycles. The lowest BCUT2D eigenvalue weighted by Crippen LogP contribution is -2.52. The molecule has 0 bridgehead atoms. The predicted molar refractivity (Wildman–Crippen MR) is 98.5 cm³/mol.